The van der Waals surface area contributed by atoms with Gasteiger partial charge in [-0.1, -0.05) is 17.7 Å². The SMILES string of the molecule is Cc1cc(N(Cc2ccnc3c(F)c(F)ccc23)c2cccc(Cl)c2)ncn1. The van der Waals surface area contributed by atoms with Crippen LogP contribution in [0.1, 0.15) is 11.3 Å². The molecule has 4 aromatic rings. The summed E-state index contributed by atoms with van der Waals surface area (Å²) >= 11 is 6.18. The molecule has 2 aromatic carbocycles. The van der Waals surface area contributed by atoms with Crippen molar-refractivity contribution in [2.75, 3.05) is 4.90 Å². The molecule has 0 saturated heterocycles. The third-order valence-corrected chi connectivity index (χ3v) is 4.64. The van der Waals surface area contributed by atoms with Gasteiger partial charge in [-0.15, -0.1) is 0 Å². The van der Waals surface area contributed by atoms with Gasteiger partial charge in [0.15, 0.2) is 11.6 Å². The summed E-state index contributed by atoms with van der Waals surface area (Å²) in [6.07, 6.45) is 2.96. The molecule has 0 atom stereocenters. The molecule has 0 bridgehead atoms. The molecule has 0 radical (unpaired) electrons. The second kappa shape index (κ2) is 7.48. The summed E-state index contributed by atoms with van der Waals surface area (Å²) in [4.78, 5) is 14.5. The molecule has 0 unspecified atom stereocenters. The van der Waals surface area contributed by atoms with E-state index in [4.69, 9.17) is 11.6 Å². The van der Waals surface area contributed by atoms with Gasteiger partial charge in [0.2, 0.25) is 0 Å². The monoisotopic (exact) mass is 396 g/mol. The first-order valence-electron chi connectivity index (χ1n) is 8.56. The maximum atomic E-state index is 14.2. The van der Waals surface area contributed by atoms with E-state index < -0.39 is 11.6 Å². The number of rotatable bonds is 4. The molecule has 0 amide bonds. The van der Waals surface area contributed by atoms with Crippen molar-refractivity contribution in [1.29, 1.82) is 0 Å². The van der Waals surface area contributed by atoms with Crippen molar-refractivity contribution < 1.29 is 8.78 Å². The van der Waals surface area contributed by atoms with Crippen LogP contribution in [-0.4, -0.2) is 15.0 Å². The number of benzene rings is 2. The number of aromatic nitrogens is 3. The third-order valence-electron chi connectivity index (χ3n) is 4.41. The average molecular weight is 397 g/mol. The lowest BCUT2D eigenvalue weighted by Gasteiger charge is -2.25. The van der Waals surface area contributed by atoms with E-state index in [9.17, 15) is 8.78 Å². The molecule has 0 aliphatic rings. The van der Waals surface area contributed by atoms with Gasteiger partial charge in [0.1, 0.15) is 17.7 Å². The predicted octanol–water partition coefficient (Wildman–Crippen LogP) is 5.60. The van der Waals surface area contributed by atoms with Crippen LogP contribution < -0.4 is 4.90 Å². The summed E-state index contributed by atoms with van der Waals surface area (Å²) in [5.74, 6) is -1.20. The fraction of sp³-hybridized carbons (Fsp3) is 0.0952. The Hall–Kier alpha value is -3.12. The zero-order valence-corrected chi connectivity index (χ0v) is 15.7. The lowest BCUT2D eigenvalue weighted by Crippen LogP contribution is -2.18. The van der Waals surface area contributed by atoms with E-state index in [0.717, 1.165) is 23.0 Å². The molecule has 0 aliphatic carbocycles. The molecule has 2 heterocycles. The molecule has 0 N–H and O–H groups in total. The third kappa shape index (κ3) is 3.51. The van der Waals surface area contributed by atoms with E-state index in [1.54, 1.807) is 12.1 Å². The highest BCUT2D eigenvalue weighted by molar-refractivity contribution is 6.30. The van der Waals surface area contributed by atoms with E-state index in [0.29, 0.717) is 22.8 Å². The number of anilines is 2. The molecule has 28 heavy (non-hydrogen) atoms. The lowest BCUT2D eigenvalue weighted by atomic mass is 10.1. The van der Waals surface area contributed by atoms with E-state index in [2.05, 4.69) is 15.0 Å². The van der Waals surface area contributed by atoms with Crippen molar-refractivity contribution in [2.24, 2.45) is 0 Å². The van der Waals surface area contributed by atoms with Gasteiger partial charge in [-0.25, -0.2) is 18.7 Å². The largest absolute Gasteiger partial charge is 0.322 e. The first-order chi connectivity index (χ1) is 13.5. The smallest absolute Gasteiger partial charge is 0.184 e. The summed E-state index contributed by atoms with van der Waals surface area (Å²) < 4.78 is 27.8. The molecular formula is C21H15ClF2N4. The first kappa shape index (κ1) is 18.3. The van der Waals surface area contributed by atoms with Crippen LogP contribution in [-0.2, 0) is 6.54 Å². The van der Waals surface area contributed by atoms with Crippen molar-refractivity contribution in [3.8, 4) is 0 Å². The van der Waals surface area contributed by atoms with E-state index in [1.807, 2.05) is 36.1 Å². The van der Waals surface area contributed by atoms with Crippen LogP contribution in [0.15, 0.2) is 61.1 Å². The van der Waals surface area contributed by atoms with Gasteiger partial charge in [0, 0.05) is 34.1 Å². The van der Waals surface area contributed by atoms with E-state index in [-0.39, 0.29) is 5.52 Å². The minimum absolute atomic E-state index is 0.00223. The molecule has 2 aromatic heterocycles. The number of hydrogen-bond donors (Lipinski definition) is 0. The van der Waals surface area contributed by atoms with Gasteiger partial charge in [0.25, 0.3) is 0 Å². The van der Waals surface area contributed by atoms with Gasteiger partial charge >= 0.3 is 0 Å². The average Bonchev–Trinajstić information content (AvgIpc) is 2.69. The van der Waals surface area contributed by atoms with Crippen molar-refractivity contribution in [1.82, 2.24) is 15.0 Å². The molecule has 0 aliphatic heterocycles. The van der Waals surface area contributed by atoms with E-state index in [1.165, 1.54) is 18.6 Å². The van der Waals surface area contributed by atoms with Gasteiger partial charge in [-0.05, 0) is 48.9 Å². The molecule has 0 saturated carbocycles. The van der Waals surface area contributed by atoms with Gasteiger partial charge in [0.05, 0.1) is 6.54 Å². The van der Waals surface area contributed by atoms with Crippen molar-refractivity contribution in [2.45, 2.75) is 13.5 Å². The van der Waals surface area contributed by atoms with Crippen molar-refractivity contribution >= 4 is 34.0 Å². The van der Waals surface area contributed by atoms with Crippen molar-refractivity contribution in [3.05, 3.63) is 89.0 Å². The Morgan fingerprint density at radius 2 is 1.86 bits per heavy atom. The predicted molar refractivity (Wildman–Crippen MR) is 106 cm³/mol. The second-order valence-electron chi connectivity index (χ2n) is 6.31. The van der Waals surface area contributed by atoms with Gasteiger partial charge < -0.3 is 4.90 Å². The summed E-state index contributed by atoms with van der Waals surface area (Å²) in [5.41, 5.74) is 2.41. The molecule has 0 fully saturated rings. The fourth-order valence-electron chi connectivity index (χ4n) is 3.06. The standard InChI is InChI=1S/C21H15ClF2N4/c1-13-9-19(27-12-26-13)28(16-4-2-3-15(22)10-16)11-14-7-8-25-21-17(14)5-6-18(23)20(21)24/h2-10,12H,11H2,1H3. The highest BCUT2D eigenvalue weighted by Gasteiger charge is 2.16. The number of halogens is 3. The summed E-state index contributed by atoms with van der Waals surface area (Å²) in [6.45, 7) is 2.24. The molecule has 7 heteroatoms. The number of aryl methyl sites for hydroxylation is 1. The van der Waals surface area contributed by atoms with Crippen LogP contribution in [0.4, 0.5) is 20.3 Å². The second-order valence-corrected chi connectivity index (χ2v) is 6.75. The topological polar surface area (TPSA) is 41.9 Å². The Labute approximate surface area is 165 Å². The highest BCUT2D eigenvalue weighted by atomic mass is 35.5. The minimum Gasteiger partial charge on any atom is -0.322 e. The summed E-state index contributed by atoms with van der Waals surface area (Å²) in [6, 6.07) is 13.6. The van der Waals surface area contributed by atoms with Crippen LogP contribution in [0.3, 0.4) is 0 Å². The Kier molecular flexibility index (Phi) is 4.88. The van der Waals surface area contributed by atoms with Gasteiger partial charge in [-0.3, -0.25) is 4.98 Å². The number of nitrogens with zero attached hydrogens (tertiary/aromatic N) is 4. The summed E-state index contributed by atoms with van der Waals surface area (Å²) in [5, 5.41) is 1.13. The molecule has 140 valence electrons. The van der Waals surface area contributed by atoms with Crippen LogP contribution in [0, 0.1) is 18.6 Å². The maximum Gasteiger partial charge on any atom is 0.184 e. The van der Waals surface area contributed by atoms with Crippen molar-refractivity contribution in [3.63, 3.8) is 0 Å². The minimum atomic E-state index is -0.952. The molecule has 0 spiro atoms. The van der Waals surface area contributed by atoms with E-state index >= 15 is 0 Å². The lowest BCUT2D eigenvalue weighted by molar-refractivity contribution is 0.515. The Balaban J connectivity index is 1.85. The number of fused-ring (bicyclic) bond motifs is 1. The number of hydrogen-bond acceptors (Lipinski definition) is 4. The Morgan fingerprint density at radius 3 is 2.64 bits per heavy atom. The zero-order valence-electron chi connectivity index (χ0n) is 14.9. The molecule has 4 nitrogen and oxygen atoms in total. The molecular weight excluding hydrogens is 382 g/mol. The first-order valence-corrected chi connectivity index (χ1v) is 8.94. The fourth-order valence-corrected chi connectivity index (χ4v) is 3.25. The molecule has 4 rings (SSSR count). The van der Waals surface area contributed by atoms with Gasteiger partial charge in [-0.2, -0.15) is 0 Å². The number of pyridine rings is 1. The zero-order chi connectivity index (χ0) is 19.7. The Morgan fingerprint density at radius 1 is 1.00 bits per heavy atom. The van der Waals surface area contributed by atoms with Crippen LogP contribution >= 0.6 is 11.6 Å². The summed E-state index contributed by atoms with van der Waals surface area (Å²) in [7, 11) is 0. The highest BCUT2D eigenvalue weighted by Crippen LogP contribution is 2.30. The van der Waals surface area contributed by atoms with Crippen LogP contribution in [0.5, 0.6) is 0 Å². The normalized spacial score (nSPS) is 11.0. The maximum absolute atomic E-state index is 14.2. The Bertz CT molecular complexity index is 1120. The quantitative estimate of drug-likeness (QED) is 0.450. The van der Waals surface area contributed by atoms with Crippen LogP contribution in [0.25, 0.3) is 10.9 Å². The van der Waals surface area contributed by atoms with Crippen LogP contribution in [0.2, 0.25) is 5.02 Å².